The maximum Gasteiger partial charge on any atom is 0.306 e. The molecule has 0 saturated carbocycles. The van der Waals surface area contributed by atoms with Crippen LogP contribution >= 0.6 is 0 Å². The molecule has 0 radical (unpaired) electrons. The fourth-order valence-corrected chi connectivity index (χ4v) is 7.47. The van der Waals surface area contributed by atoms with Gasteiger partial charge in [-0.25, -0.2) is 0 Å². The normalized spacial score (nSPS) is 13.2. The van der Waals surface area contributed by atoms with E-state index in [1.54, 1.807) is 21.1 Å². The predicted octanol–water partition coefficient (Wildman–Crippen LogP) is 13.4. The summed E-state index contributed by atoms with van der Waals surface area (Å²) in [5.74, 6) is -1.75. The van der Waals surface area contributed by atoms with Gasteiger partial charge in [0, 0.05) is 19.3 Å². The molecule has 62 heavy (non-hydrogen) atoms. The van der Waals surface area contributed by atoms with Crippen molar-refractivity contribution in [3.8, 4) is 0 Å². The van der Waals surface area contributed by atoms with Crippen LogP contribution in [0.1, 0.15) is 226 Å². The quantitative estimate of drug-likeness (QED) is 0.0260. The number of carbonyl (C=O) groups is 3. The van der Waals surface area contributed by atoms with E-state index in [1.807, 2.05) is 0 Å². The molecule has 0 aromatic rings. The molecule has 8 nitrogen and oxygen atoms in total. The maximum atomic E-state index is 12.8. The highest BCUT2D eigenvalue weighted by Crippen LogP contribution is 2.15. The molecule has 0 aromatic heterocycles. The molecule has 0 aliphatic rings. The number of aliphatic carboxylic acids is 1. The van der Waals surface area contributed by atoms with Gasteiger partial charge in [0.1, 0.15) is 12.6 Å². The Bertz CT molecular complexity index is 1150. The zero-order valence-electron chi connectivity index (χ0n) is 41.0. The first-order chi connectivity index (χ1) is 30.1. The second-order valence-electron chi connectivity index (χ2n) is 18.5. The number of carbonyl (C=O) groups excluding carboxylic acids is 3. The monoisotopic (exact) mass is 872 g/mol. The summed E-state index contributed by atoms with van der Waals surface area (Å²) in [4.78, 5) is 37.0. The lowest BCUT2D eigenvalue weighted by Gasteiger charge is -2.34. The first-order valence-corrected chi connectivity index (χ1v) is 25.7. The van der Waals surface area contributed by atoms with Gasteiger partial charge in [-0.05, 0) is 64.2 Å². The van der Waals surface area contributed by atoms with Crippen molar-refractivity contribution in [2.75, 3.05) is 41.0 Å². The SMILES string of the molecule is CCCCCC/C=C/C=C/CCCCCCCCCCCCC(=O)OCC(COCCC(C(=O)[O-])[N+](C)(C)C)OC(=O)CCCCCCC/C=C/C=C/CCCCCCCCC. The van der Waals surface area contributed by atoms with Gasteiger partial charge in [-0.15, -0.1) is 0 Å². The van der Waals surface area contributed by atoms with E-state index in [9.17, 15) is 19.5 Å². The molecule has 0 spiro atoms. The second-order valence-corrected chi connectivity index (χ2v) is 18.5. The third-order valence-electron chi connectivity index (χ3n) is 11.5. The molecule has 0 N–H and O–H groups in total. The van der Waals surface area contributed by atoms with Crippen LogP contribution in [-0.2, 0) is 28.6 Å². The molecule has 8 heteroatoms. The molecule has 0 rings (SSSR count). The van der Waals surface area contributed by atoms with Crippen LogP contribution in [0.5, 0.6) is 0 Å². The minimum atomic E-state index is -1.13. The standard InChI is InChI=1S/C54H97NO7/c1-6-8-10-12-14-16-18-20-22-24-26-27-29-30-32-34-36-38-40-42-44-52(56)61-49-50(48-60-47-46-51(54(58)59)55(3,4)5)62-53(57)45-43-41-39-37-35-33-31-28-25-23-21-19-17-15-13-11-9-7-2/h16,18,20,22-23,25,28,31,50-51H,6-15,17,19,21,24,26-27,29-30,32-49H2,1-5H3/b18-16+,22-20+,25-23+,31-28+. The molecular formula is C54H97NO7. The molecule has 0 heterocycles. The Morgan fingerprint density at radius 3 is 1.23 bits per heavy atom. The highest BCUT2D eigenvalue weighted by atomic mass is 16.6. The summed E-state index contributed by atoms with van der Waals surface area (Å²) >= 11 is 0. The minimum Gasteiger partial charge on any atom is -0.544 e. The third-order valence-corrected chi connectivity index (χ3v) is 11.5. The third kappa shape index (κ3) is 42.6. The molecule has 0 aromatic carbocycles. The number of ether oxygens (including phenoxy) is 3. The Labute approximate surface area is 382 Å². The summed E-state index contributed by atoms with van der Waals surface area (Å²) in [7, 11) is 5.41. The Hall–Kier alpha value is -2.71. The lowest BCUT2D eigenvalue weighted by molar-refractivity contribution is -0.889. The van der Waals surface area contributed by atoms with E-state index in [1.165, 1.54) is 135 Å². The molecule has 360 valence electrons. The van der Waals surface area contributed by atoms with E-state index in [2.05, 4.69) is 62.5 Å². The van der Waals surface area contributed by atoms with Crippen LogP contribution in [0.4, 0.5) is 0 Å². The summed E-state index contributed by atoms with van der Waals surface area (Å²) in [5, 5.41) is 11.7. The number of esters is 2. The van der Waals surface area contributed by atoms with Crippen LogP contribution in [0, 0.1) is 0 Å². The number of carboxylic acid groups (broad SMARTS) is 1. The topological polar surface area (TPSA) is 102 Å². The lowest BCUT2D eigenvalue weighted by Crippen LogP contribution is -2.55. The van der Waals surface area contributed by atoms with Crippen molar-refractivity contribution in [2.45, 2.75) is 238 Å². The molecule has 2 unspecified atom stereocenters. The van der Waals surface area contributed by atoms with Gasteiger partial charge in [0.25, 0.3) is 0 Å². The maximum absolute atomic E-state index is 12.8. The molecule has 0 aliphatic heterocycles. The number of likely N-dealkylation sites (N-methyl/N-ethyl adjacent to an activating group) is 1. The molecule has 2 atom stereocenters. The first-order valence-electron chi connectivity index (χ1n) is 25.7. The summed E-state index contributed by atoms with van der Waals surface area (Å²) < 4.78 is 17.2. The van der Waals surface area contributed by atoms with Crippen LogP contribution in [0.15, 0.2) is 48.6 Å². The minimum absolute atomic E-state index is 0.0334. The number of carboxylic acids is 1. The van der Waals surface area contributed by atoms with E-state index in [0.717, 1.165) is 57.8 Å². The van der Waals surface area contributed by atoms with Crippen molar-refractivity contribution >= 4 is 17.9 Å². The van der Waals surface area contributed by atoms with Gasteiger partial charge < -0.3 is 28.6 Å². The number of quaternary nitrogens is 1. The molecule has 0 amide bonds. The van der Waals surface area contributed by atoms with E-state index in [0.29, 0.717) is 12.8 Å². The van der Waals surface area contributed by atoms with Crippen molar-refractivity contribution in [3.63, 3.8) is 0 Å². The van der Waals surface area contributed by atoms with Crippen molar-refractivity contribution in [1.82, 2.24) is 0 Å². The van der Waals surface area contributed by atoms with Gasteiger partial charge in [-0.1, -0.05) is 191 Å². The highest BCUT2D eigenvalue weighted by Gasteiger charge is 2.25. The Morgan fingerprint density at radius 1 is 0.484 bits per heavy atom. The van der Waals surface area contributed by atoms with E-state index in [4.69, 9.17) is 14.2 Å². The lowest BCUT2D eigenvalue weighted by atomic mass is 10.1. The van der Waals surface area contributed by atoms with Crippen LogP contribution in [-0.4, -0.2) is 75.5 Å². The number of nitrogens with zero attached hydrogens (tertiary/aromatic N) is 1. The average Bonchev–Trinajstić information content (AvgIpc) is 3.23. The Balaban J connectivity index is 4.28. The molecule has 0 aliphatic carbocycles. The average molecular weight is 872 g/mol. The second kappa shape index (κ2) is 44.9. The van der Waals surface area contributed by atoms with Crippen LogP contribution in [0.2, 0.25) is 0 Å². The van der Waals surface area contributed by atoms with Crippen molar-refractivity contribution in [2.24, 2.45) is 0 Å². The largest absolute Gasteiger partial charge is 0.544 e. The van der Waals surface area contributed by atoms with Gasteiger partial charge in [-0.3, -0.25) is 9.59 Å². The molecule has 0 saturated heterocycles. The van der Waals surface area contributed by atoms with Gasteiger partial charge in [0.2, 0.25) is 0 Å². The van der Waals surface area contributed by atoms with Crippen molar-refractivity contribution in [3.05, 3.63) is 48.6 Å². The fourth-order valence-electron chi connectivity index (χ4n) is 7.47. The van der Waals surface area contributed by atoms with Crippen LogP contribution < -0.4 is 5.11 Å². The number of unbranched alkanes of at least 4 members (excludes halogenated alkanes) is 26. The fraction of sp³-hybridized carbons (Fsp3) is 0.796. The Morgan fingerprint density at radius 2 is 0.839 bits per heavy atom. The zero-order chi connectivity index (χ0) is 45.6. The van der Waals surface area contributed by atoms with Crippen LogP contribution in [0.25, 0.3) is 0 Å². The first kappa shape index (κ1) is 59.3. The summed E-state index contributed by atoms with van der Waals surface area (Å²) in [6, 6.07) is -0.730. The van der Waals surface area contributed by atoms with Crippen LogP contribution in [0.3, 0.4) is 0 Å². The zero-order valence-corrected chi connectivity index (χ0v) is 41.0. The summed E-state index contributed by atoms with van der Waals surface area (Å²) in [5.41, 5.74) is 0. The van der Waals surface area contributed by atoms with Gasteiger partial charge in [-0.2, -0.15) is 0 Å². The van der Waals surface area contributed by atoms with Crippen molar-refractivity contribution in [1.29, 1.82) is 0 Å². The number of rotatable bonds is 46. The summed E-state index contributed by atoms with van der Waals surface area (Å²) in [6.07, 6.45) is 54.2. The Kier molecular flexibility index (Phi) is 42.9. The predicted molar refractivity (Wildman–Crippen MR) is 259 cm³/mol. The molecule has 0 fully saturated rings. The number of hydrogen-bond acceptors (Lipinski definition) is 7. The highest BCUT2D eigenvalue weighted by molar-refractivity contribution is 5.70. The smallest absolute Gasteiger partial charge is 0.306 e. The van der Waals surface area contributed by atoms with Gasteiger partial charge in [0.15, 0.2) is 6.10 Å². The van der Waals surface area contributed by atoms with E-state index in [-0.39, 0.29) is 42.7 Å². The number of hydrogen-bond donors (Lipinski definition) is 0. The van der Waals surface area contributed by atoms with Crippen molar-refractivity contribution < 1.29 is 38.2 Å². The molecular weight excluding hydrogens is 775 g/mol. The number of allylic oxidation sites excluding steroid dienone is 8. The van der Waals surface area contributed by atoms with Gasteiger partial charge >= 0.3 is 11.9 Å². The van der Waals surface area contributed by atoms with E-state index >= 15 is 0 Å². The summed E-state index contributed by atoms with van der Waals surface area (Å²) in [6.45, 7) is 4.64. The van der Waals surface area contributed by atoms with E-state index < -0.39 is 18.1 Å². The van der Waals surface area contributed by atoms with Gasteiger partial charge in [0.05, 0.1) is 40.3 Å². The molecule has 0 bridgehead atoms.